The standard InChI is InChI=1S/C21H21ClN4O2S2/c1-2-3-6-14-9-11-15(12-10-14)23-18(27)13-29-21-26-25-20(30-21)24-19(28)16-7-4-5-8-17(16)22/h4-5,7-12H,2-3,6,13H2,1H3,(H,23,27)(H,24,25,28). The van der Waals surface area contributed by atoms with Gasteiger partial charge >= 0.3 is 0 Å². The smallest absolute Gasteiger partial charge is 0.259 e. The molecule has 0 unspecified atom stereocenters. The van der Waals surface area contributed by atoms with Gasteiger partial charge in [-0.1, -0.05) is 72.3 Å². The second-order valence-corrected chi connectivity index (χ2v) is 9.05. The van der Waals surface area contributed by atoms with Gasteiger partial charge in [-0.05, 0) is 42.7 Å². The van der Waals surface area contributed by atoms with Crippen LogP contribution in [0, 0.1) is 0 Å². The Bertz CT molecular complexity index is 1010. The summed E-state index contributed by atoms with van der Waals surface area (Å²) in [6.45, 7) is 2.17. The number of aryl methyl sites for hydroxylation is 1. The van der Waals surface area contributed by atoms with Gasteiger partial charge in [-0.2, -0.15) is 0 Å². The van der Waals surface area contributed by atoms with E-state index in [1.54, 1.807) is 24.3 Å². The Morgan fingerprint density at radius 1 is 1.07 bits per heavy atom. The van der Waals surface area contributed by atoms with Gasteiger partial charge in [0.15, 0.2) is 4.34 Å². The number of thioether (sulfide) groups is 1. The summed E-state index contributed by atoms with van der Waals surface area (Å²) in [5.74, 6) is -0.281. The minimum Gasteiger partial charge on any atom is -0.325 e. The van der Waals surface area contributed by atoms with E-state index >= 15 is 0 Å². The van der Waals surface area contributed by atoms with Gasteiger partial charge in [0, 0.05) is 5.69 Å². The van der Waals surface area contributed by atoms with E-state index < -0.39 is 0 Å². The third kappa shape index (κ3) is 6.55. The van der Waals surface area contributed by atoms with Gasteiger partial charge in [-0.15, -0.1) is 10.2 Å². The summed E-state index contributed by atoms with van der Waals surface area (Å²) in [5, 5.41) is 14.2. The molecule has 9 heteroatoms. The van der Waals surface area contributed by atoms with Crippen LogP contribution in [0.2, 0.25) is 5.02 Å². The molecule has 0 aliphatic carbocycles. The Balaban J connectivity index is 1.47. The van der Waals surface area contributed by atoms with Crippen molar-refractivity contribution in [2.24, 2.45) is 0 Å². The van der Waals surface area contributed by atoms with Gasteiger partial charge in [0.05, 0.1) is 16.3 Å². The van der Waals surface area contributed by atoms with Gasteiger partial charge in [-0.3, -0.25) is 14.9 Å². The molecule has 0 saturated heterocycles. The molecule has 0 atom stereocenters. The number of carbonyl (C=O) groups excluding carboxylic acids is 2. The lowest BCUT2D eigenvalue weighted by atomic mass is 10.1. The van der Waals surface area contributed by atoms with Gasteiger partial charge < -0.3 is 5.32 Å². The molecule has 0 spiro atoms. The molecule has 3 rings (SSSR count). The van der Waals surface area contributed by atoms with Crippen LogP contribution in [0.4, 0.5) is 10.8 Å². The second kappa shape index (κ2) is 11.1. The lowest BCUT2D eigenvalue weighted by Crippen LogP contribution is -2.13. The summed E-state index contributed by atoms with van der Waals surface area (Å²) in [5.41, 5.74) is 2.40. The maximum atomic E-state index is 12.3. The van der Waals surface area contributed by atoms with Crippen molar-refractivity contribution in [2.45, 2.75) is 30.5 Å². The lowest BCUT2D eigenvalue weighted by Gasteiger charge is -2.06. The molecule has 0 aliphatic rings. The number of benzene rings is 2. The van der Waals surface area contributed by atoms with E-state index in [2.05, 4.69) is 27.8 Å². The van der Waals surface area contributed by atoms with Gasteiger partial charge in [0.25, 0.3) is 5.91 Å². The van der Waals surface area contributed by atoms with Crippen LogP contribution in [0.15, 0.2) is 52.9 Å². The predicted molar refractivity (Wildman–Crippen MR) is 124 cm³/mol. The molecule has 0 radical (unpaired) electrons. The first kappa shape index (κ1) is 22.3. The molecule has 0 bridgehead atoms. The number of aromatic nitrogens is 2. The molecule has 2 aromatic carbocycles. The fourth-order valence-electron chi connectivity index (χ4n) is 2.59. The molecular formula is C21H21ClN4O2S2. The minimum absolute atomic E-state index is 0.127. The minimum atomic E-state index is -0.353. The molecule has 1 aromatic heterocycles. The van der Waals surface area contributed by atoms with E-state index in [0.29, 0.717) is 20.1 Å². The van der Waals surface area contributed by atoms with Crippen molar-refractivity contribution in [2.75, 3.05) is 16.4 Å². The Morgan fingerprint density at radius 2 is 1.83 bits per heavy atom. The van der Waals surface area contributed by atoms with Crippen molar-refractivity contribution >= 4 is 57.3 Å². The maximum Gasteiger partial charge on any atom is 0.259 e. The summed E-state index contributed by atoms with van der Waals surface area (Å²) >= 11 is 8.50. The Kier molecular flexibility index (Phi) is 8.24. The van der Waals surface area contributed by atoms with Crippen LogP contribution in [0.1, 0.15) is 35.7 Å². The molecule has 1 heterocycles. The zero-order valence-corrected chi connectivity index (χ0v) is 18.7. The van der Waals surface area contributed by atoms with Crippen molar-refractivity contribution in [1.29, 1.82) is 0 Å². The summed E-state index contributed by atoms with van der Waals surface area (Å²) in [7, 11) is 0. The Hall–Kier alpha value is -2.42. The Morgan fingerprint density at radius 3 is 2.57 bits per heavy atom. The van der Waals surface area contributed by atoms with Crippen LogP contribution in [0.3, 0.4) is 0 Å². The number of nitrogens with zero attached hydrogens (tertiary/aromatic N) is 2. The van der Waals surface area contributed by atoms with Crippen LogP contribution in [0.25, 0.3) is 0 Å². The van der Waals surface area contributed by atoms with Crippen molar-refractivity contribution in [1.82, 2.24) is 10.2 Å². The molecule has 0 saturated carbocycles. The fourth-order valence-corrected chi connectivity index (χ4v) is 4.36. The molecule has 6 nitrogen and oxygen atoms in total. The van der Waals surface area contributed by atoms with Crippen LogP contribution in [-0.4, -0.2) is 27.8 Å². The fraction of sp³-hybridized carbons (Fsp3) is 0.238. The first-order valence-corrected chi connectivity index (χ1v) is 11.6. The number of rotatable bonds is 9. The highest BCUT2D eigenvalue weighted by Crippen LogP contribution is 2.26. The van der Waals surface area contributed by atoms with Crippen molar-refractivity contribution in [3.05, 3.63) is 64.7 Å². The van der Waals surface area contributed by atoms with Crippen LogP contribution >= 0.6 is 34.7 Å². The largest absolute Gasteiger partial charge is 0.325 e. The van der Waals surface area contributed by atoms with Crippen LogP contribution < -0.4 is 10.6 Å². The molecule has 30 heavy (non-hydrogen) atoms. The molecular weight excluding hydrogens is 440 g/mol. The first-order valence-electron chi connectivity index (χ1n) is 9.46. The number of nitrogens with one attached hydrogen (secondary N) is 2. The summed E-state index contributed by atoms with van der Waals surface area (Å²) in [6.07, 6.45) is 3.37. The van der Waals surface area contributed by atoms with E-state index in [1.807, 2.05) is 24.3 Å². The summed E-state index contributed by atoms with van der Waals surface area (Å²) in [4.78, 5) is 24.5. The highest BCUT2D eigenvalue weighted by atomic mass is 35.5. The average molecular weight is 461 g/mol. The molecule has 156 valence electrons. The Labute approximate surface area is 188 Å². The SMILES string of the molecule is CCCCc1ccc(NC(=O)CSc2nnc(NC(=O)c3ccccc3Cl)s2)cc1. The zero-order chi connectivity index (χ0) is 21.3. The summed E-state index contributed by atoms with van der Waals surface area (Å²) < 4.78 is 0.592. The number of halogens is 1. The number of anilines is 2. The number of amides is 2. The molecule has 0 aliphatic heterocycles. The monoisotopic (exact) mass is 460 g/mol. The van der Waals surface area contributed by atoms with Crippen molar-refractivity contribution in [3.8, 4) is 0 Å². The van der Waals surface area contributed by atoms with E-state index in [0.717, 1.165) is 24.9 Å². The predicted octanol–water partition coefficient (Wildman–Crippen LogP) is 5.52. The number of hydrogen-bond acceptors (Lipinski definition) is 6. The molecule has 2 amide bonds. The summed E-state index contributed by atoms with van der Waals surface area (Å²) in [6, 6.07) is 14.7. The highest BCUT2D eigenvalue weighted by Gasteiger charge is 2.14. The van der Waals surface area contributed by atoms with E-state index in [4.69, 9.17) is 11.6 Å². The second-order valence-electron chi connectivity index (χ2n) is 6.44. The van der Waals surface area contributed by atoms with Crippen molar-refractivity contribution < 1.29 is 9.59 Å². The molecule has 3 aromatic rings. The first-order chi connectivity index (χ1) is 14.5. The molecule has 2 N–H and O–H groups in total. The maximum absolute atomic E-state index is 12.3. The van der Waals surface area contributed by atoms with E-state index in [1.165, 1.54) is 28.7 Å². The zero-order valence-electron chi connectivity index (χ0n) is 16.4. The average Bonchev–Trinajstić information content (AvgIpc) is 3.19. The van der Waals surface area contributed by atoms with Gasteiger partial charge in [0.2, 0.25) is 11.0 Å². The third-order valence-electron chi connectivity index (χ3n) is 4.13. The quantitative estimate of drug-likeness (QED) is 0.324. The van der Waals surface area contributed by atoms with Crippen molar-refractivity contribution in [3.63, 3.8) is 0 Å². The number of hydrogen-bond donors (Lipinski definition) is 2. The van der Waals surface area contributed by atoms with E-state index in [-0.39, 0.29) is 17.6 Å². The van der Waals surface area contributed by atoms with Crippen LogP contribution in [-0.2, 0) is 11.2 Å². The van der Waals surface area contributed by atoms with Gasteiger partial charge in [0.1, 0.15) is 0 Å². The number of unbranched alkanes of at least 4 members (excludes halogenated alkanes) is 1. The third-order valence-corrected chi connectivity index (χ3v) is 6.43. The highest BCUT2D eigenvalue weighted by molar-refractivity contribution is 8.01. The van der Waals surface area contributed by atoms with E-state index in [9.17, 15) is 9.59 Å². The van der Waals surface area contributed by atoms with Crippen LogP contribution in [0.5, 0.6) is 0 Å². The normalized spacial score (nSPS) is 10.6. The van der Waals surface area contributed by atoms with Gasteiger partial charge in [-0.25, -0.2) is 0 Å². The topological polar surface area (TPSA) is 84.0 Å². The lowest BCUT2D eigenvalue weighted by molar-refractivity contribution is -0.113. The number of carbonyl (C=O) groups is 2. The molecule has 0 fully saturated rings.